The summed E-state index contributed by atoms with van der Waals surface area (Å²) in [5.41, 5.74) is 0.700. The molecule has 0 bridgehead atoms. The lowest BCUT2D eigenvalue weighted by molar-refractivity contribution is -0.113. The number of ketones is 1. The van der Waals surface area contributed by atoms with Crippen LogP contribution < -0.4 is 5.32 Å². The monoisotopic (exact) mass is 403 g/mol. The SMILES string of the molecule is CC(=O)c1ccc(SCC(=O)Nc2cc(-n3nnnc3C)ccc2F)c(F)c1. The lowest BCUT2D eigenvalue weighted by Crippen LogP contribution is -2.15. The van der Waals surface area contributed by atoms with Crippen molar-refractivity contribution in [3.8, 4) is 5.69 Å². The average Bonchev–Trinajstić information content (AvgIpc) is 3.08. The first-order chi connectivity index (χ1) is 13.3. The van der Waals surface area contributed by atoms with Gasteiger partial charge in [0.15, 0.2) is 11.6 Å². The van der Waals surface area contributed by atoms with E-state index in [2.05, 4.69) is 20.8 Å². The van der Waals surface area contributed by atoms with Crippen molar-refractivity contribution in [2.75, 3.05) is 11.1 Å². The number of hydrogen-bond donors (Lipinski definition) is 1. The van der Waals surface area contributed by atoms with E-state index >= 15 is 0 Å². The maximum absolute atomic E-state index is 14.0. The minimum Gasteiger partial charge on any atom is -0.323 e. The molecule has 0 fully saturated rings. The van der Waals surface area contributed by atoms with Crippen molar-refractivity contribution in [2.45, 2.75) is 18.7 Å². The highest BCUT2D eigenvalue weighted by Crippen LogP contribution is 2.24. The number of Topliss-reactive ketones (excluding diaryl/α,β-unsaturated/α-hetero) is 1. The predicted molar refractivity (Wildman–Crippen MR) is 99.6 cm³/mol. The quantitative estimate of drug-likeness (QED) is 0.502. The van der Waals surface area contributed by atoms with Gasteiger partial charge in [-0.3, -0.25) is 9.59 Å². The first-order valence-corrected chi connectivity index (χ1v) is 9.12. The normalized spacial score (nSPS) is 10.7. The zero-order valence-corrected chi connectivity index (χ0v) is 15.8. The highest BCUT2D eigenvalue weighted by molar-refractivity contribution is 8.00. The number of carbonyl (C=O) groups is 2. The number of carbonyl (C=O) groups excluding carboxylic acids is 2. The van der Waals surface area contributed by atoms with Crippen LogP contribution in [0.2, 0.25) is 0 Å². The van der Waals surface area contributed by atoms with Gasteiger partial charge in [-0.1, -0.05) is 6.07 Å². The number of amides is 1. The van der Waals surface area contributed by atoms with Gasteiger partial charge in [0, 0.05) is 10.5 Å². The Morgan fingerprint density at radius 2 is 1.93 bits per heavy atom. The van der Waals surface area contributed by atoms with Crippen LogP contribution in [0.15, 0.2) is 41.3 Å². The second-order valence-corrected chi connectivity index (χ2v) is 6.86. The largest absolute Gasteiger partial charge is 0.323 e. The van der Waals surface area contributed by atoms with Crippen molar-refractivity contribution in [1.29, 1.82) is 0 Å². The standard InChI is InChI=1S/C18H15F2N5O2S/c1-10(26)12-3-6-17(15(20)7-12)28-9-18(27)21-16-8-13(4-5-14(16)19)25-11(2)22-23-24-25/h3-8H,9H2,1-2H3,(H,21,27). The Kier molecular flexibility index (Phi) is 5.78. The van der Waals surface area contributed by atoms with Crippen LogP contribution in [0, 0.1) is 18.6 Å². The number of rotatable bonds is 6. The molecule has 1 amide bonds. The van der Waals surface area contributed by atoms with Crippen molar-refractivity contribution in [3.63, 3.8) is 0 Å². The molecule has 10 heteroatoms. The van der Waals surface area contributed by atoms with Crippen LogP contribution in [0.1, 0.15) is 23.1 Å². The molecular weight excluding hydrogens is 388 g/mol. The van der Waals surface area contributed by atoms with Gasteiger partial charge in [-0.05, 0) is 54.6 Å². The third-order valence-corrected chi connectivity index (χ3v) is 4.84. The van der Waals surface area contributed by atoms with Gasteiger partial charge in [-0.25, -0.2) is 8.78 Å². The summed E-state index contributed by atoms with van der Waals surface area (Å²) in [5.74, 6) is -1.60. The fourth-order valence-corrected chi connectivity index (χ4v) is 3.10. The number of benzene rings is 2. The first-order valence-electron chi connectivity index (χ1n) is 8.13. The Hall–Kier alpha value is -3.14. The summed E-state index contributed by atoms with van der Waals surface area (Å²) in [4.78, 5) is 23.6. The summed E-state index contributed by atoms with van der Waals surface area (Å²) in [6.45, 7) is 3.03. The van der Waals surface area contributed by atoms with Crippen LogP contribution >= 0.6 is 11.8 Å². The number of hydrogen-bond acceptors (Lipinski definition) is 6. The number of tetrazole rings is 1. The van der Waals surface area contributed by atoms with Crippen molar-refractivity contribution >= 4 is 29.1 Å². The van der Waals surface area contributed by atoms with Gasteiger partial charge in [0.05, 0.1) is 17.1 Å². The van der Waals surface area contributed by atoms with Crippen LogP contribution in [0.4, 0.5) is 14.5 Å². The van der Waals surface area contributed by atoms with Gasteiger partial charge < -0.3 is 5.32 Å². The third-order valence-electron chi connectivity index (χ3n) is 3.79. The summed E-state index contributed by atoms with van der Waals surface area (Å²) >= 11 is 0.947. The van der Waals surface area contributed by atoms with Crippen LogP contribution in [0.5, 0.6) is 0 Å². The van der Waals surface area contributed by atoms with Crippen LogP contribution in [0.25, 0.3) is 5.69 Å². The molecule has 0 spiro atoms. The van der Waals surface area contributed by atoms with Gasteiger partial charge in [0.25, 0.3) is 0 Å². The van der Waals surface area contributed by atoms with Gasteiger partial charge in [-0.2, -0.15) is 4.68 Å². The van der Waals surface area contributed by atoms with Gasteiger partial charge in [0.1, 0.15) is 11.6 Å². The molecule has 0 saturated carbocycles. The molecule has 0 radical (unpaired) electrons. The molecule has 0 aliphatic rings. The first kappa shape index (κ1) is 19.6. The molecule has 144 valence electrons. The Morgan fingerprint density at radius 3 is 2.57 bits per heavy atom. The molecule has 0 unspecified atom stereocenters. The Labute approximate surface area is 163 Å². The molecule has 1 N–H and O–H groups in total. The number of nitrogens with zero attached hydrogens (tertiary/aromatic N) is 4. The van der Waals surface area contributed by atoms with Crippen LogP contribution in [-0.2, 0) is 4.79 Å². The van der Waals surface area contributed by atoms with E-state index in [-0.39, 0.29) is 27.7 Å². The summed E-state index contributed by atoms with van der Waals surface area (Å²) in [5, 5.41) is 13.5. The summed E-state index contributed by atoms with van der Waals surface area (Å²) in [6.07, 6.45) is 0. The molecule has 0 aliphatic carbocycles. The summed E-state index contributed by atoms with van der Waals surface area (Å²) < 4.78 is 29.5. The highest BCUT2D eigenvalue weighted by Gasteiger charge is 2.13. The third kappa shape index (κ3) is 4.39. The molecule has 3 rings (SSSR count). The molecule has 0 aliphatic heterocycles. The second kappa shape index (κ2) is 8.26. The van der Waals surface area contributed by atoms with E-state index in [1.54, 1.807) is 6.92 Å². The van der Waals surface area contributed by atoms with E-state index in [1.807, 2.05) is 0 Å². The number of nitrogens with one attached hydrogen (secondary N) is 1. The van der Waals surface area contributed by atoms with Crippen molar-refractivity contribution in [2.24, 2.45) is 0 Å². The molecular formula is C18H15F2N5O2S. The number of thioether (sulfide) groups is 1. The van der Waals surface area contributed by atoms with Crippen LogP contribution in [-0.4, -0.2) is 37.7 Å². The summed E-state index contributed by atoms with van der Waals surface area (Å²) in [7, 11) is 0. The van der Waals surface area contributed by atoms with E-state index in [1.165, 1.54) is 41.9 Å². The number of halogens is 2. The smallest absolute Gasteiger partial charge is 0.234 e. The van der Waals surface area contributed by atoms with E-state index in [4.69, 9.17) is 0 Å². The topological polar surface area (TPSA) is 89.8 Å². The molecule has 1 aromatic heterocycles. The highest BCUT2D eigenvalue weighted by atomic mass is 32.2. The zero-order valence-electron chi connectivity index (χ0n) is 14.9. The lowest BCUT2D eigenvalue weighted by Gasteiger charge is -2.09. The number of aromatic nitrogens is 4. The maximum atomic E-state index is 14.0. The lowest BCUT2D eigenvalue weighted by atomic mass is 10.1. The minimum atomic E-state index is -0.621. The van der Waals surface area contributed by atoms with E-state index in [0.717, 1.165) is 17.8 Å². The fraction of sp³-hybridized carbons (Fsp3) is 0.167. The Balaban J connectivity index is 1.68. The summed E-state index contributed by atoms with van der Waals surface area (Å²) in [6, 6.07) is 8.13. The van der Waals surface area contributed by atoms with Gasteiger partial charge >= 0.3 is 0 Å². The van der Waals surface area contributed by atoms with E-state index in [9.17, 15) is 18.4 Å². The van der Waals surface area contributed by atoms with Gasteiger partial charge in [-0.15, -0.1) is 16.9 Å². The van der Waals surface area contributed by atoms with E-state index < -0.39 is 17.5 Å². The molecule has 0 atom stereocenters. The minimum absolute atomic E-state index is 0.0367. The maximum Gasteiger partial charge on any atom is 0.234 e. The van der Waals surface area contributed by atoms with Crippen molar-refractivity contribution in [3.05, 3.63) is 59.4 Å². The van der Waals surface area contributed by atoms with Gasteiger partial charge in [0.2, 0.25) is 5.91 Å². The fourth-order valence-electron chi connectivity index (χ4n) is 2.38. The van der Waals surface area contributed by atoms with Crippen LogP contribution in [0.3, 0.4) is 0 Å². The molecule has 7 nitrogen and oxygen atoms in total. The predicted octanol–water partition coefficient (Wildman–Crippen LogP) is 3.18. The van der Waals surface area contributed by atoms with E-state index in [0.29, 0.717) is 11.5 Å². The Bertz CT molecular complexity index is 1050. The number of anilines is 1. The molecule has 28 heavy (non-hydrogen) atoms. The zero-order chi connectivity index (χ0) is 20.3. The molecule has 2 aromatic carbocycles. The second-order valence-electron chi connectivity index (χ2n) is 5.84. The molecule has 3 aromatic rings. The number of aryl methyl sites for hydroxylation is 1. The van der Waals surface area contributed by atoms with Crippen molar-refractivity contribution in [1.82, 2.24) is 20.2 Å². The average molecular weight is 403 g/mol. The molecule has 1 heterocycles. The molecule has 0 saturated heterocycles. The van der Waals surface area contributed by atoms with Crippen molar-refractivity contribution < 1.29 is 18.4 Å². The Morgan fingerprint density at radius 1 is 1.14 bits per heavy atom.